The standard InChI is InChI=1S/C11H20O4/c1-2-11(13)15-8-4-6-10-9(12)5-3-7-14-10/h9-10,12H,2-8H2,1H3. The van der Waals surface area contributed by atoms with Crippen LogP contribution in [-0.2, 0) is 14.3 Å². The number of carbonyl (C=O) groups excluding carboxylic acids is 1. The van der Waals surface area contributed by atoms with Gasteiger partial charge in [0.2, 0.25) is 0 Å². The first kappa shape index (κ1) is 12.5. The molecular weight excluding hydrogens is 196 g/mol. The lowest BCUT2D eigenvalue weighted by molar-refractivity contribution is -0.143. The maximum Gasteiger partial charge on any atom is 0.305 e. The minimum Gasteiger partial charge on any atom is -0.466 e. The Hall–Kier alpha value is -0.610. The summed E-state index contributed by atoms with van der Waals surface area (Å²) in [6, 6.07) is 0. The molecule has 1 aliphatic heterocycles. The van der Waals surface area contributed by atoms with Crippen LogP contribution in [0.1, 0.15) is 39.0 Å². The molecule has 1 aliphatic rings. The highest BCUT2D eigenvalue weighted by molar-refractivity contribution is 5.68. The van der Waals surface area contributed by atoms with Crippen molar-refractivity contribution in [1.82, 2.24) is 0 Å². The largest absolute Gasteiger partial charge is 0.466 e. The molecule has 0 amide bonds. The highest BCUT2D eigenvalue weighted by atomic mass is 16.5. The van der Waals surface area contributed by atoms with Crippen LogP contribution in [0.2, 0.25) is 0 Å². The third kappa shape index (κ3) is 4.62. The average molecular weight is 216 g/mol. The molecule has 0 bridgehead atoms. The topological polar surface area (TPSA) is 55.8 Å². The maximum absolute atomic E-state index is 10.8. The Labute approximate surface area is 90.6 Å². The number of aliphatic hydroxyl groups excluding tert-OH is 1. The molecule has 0 spiro atoms. The van der Waals surface area contributed by atoms with Crippen molar-refractivity contribution in [2.24, 2.45) is 0 Å². The number of rotatable bonds is 5. The van der Waals surface area contributed by atoms with Crippen molar-refractivity contribution in [3.63, 3.8) is 0 Å². The molecule has 0 aromatic rings. The van der Waals surface area contributed by atoms with Gasteiger partial charge in [-0.1, -0.05) is 6.92 Å². The Morgan fingerprint density at radius 1 is 1.60 bits per heavy atom. The van der Waals surface area contributed by atoms with E-state index in [-0.39, 0.29) is 18.2 Å². The summed E-state index contributed by atoms with van der Waals surface area (Å²) in [7, 11) is 0. The zero-order valence-electron chi connectivity index (χ0n) is 9.28. The van der Waals surface area contributed by atoms with Gasteiger partial charge in [0.1, 0.15) is 0 Å². The lowest BCUT2D eigenvalue weighted by atomic mass is 10.0. The summed E-state index contributed by atoms with van der Waals surface area (Å²) in [5.41, 5.74) is 0. The smallest absolute Gasteiger partial charge is 0.305 e. The fraction of sp³-hybridized carbons (Fsp3) is 0.909. The molecule has 88 valence electrons. The minimum absolute atomic E-state index is 0.0703. The van der Waals surface area contributed by atoms with Crippen LogP contribution in [0.4, 0.5) is 0 Å². The van der Waals surface area contributed by atoms with Gasteiger partial charge in [-0.25, -0.2) is 0 Å². The van der Waals surface area contributed by atoms with Gasteiger partial charge in [0.15, 0.2) is 0 Å². The summed E-state index contributed by atoms with van der Waals surface area (Å²) in [6.07, 6.45) is 3.27. The fourth-order valence-electron chi connectivity index (χ4n) is 1.67. The molecule has 1 fully saturated rings. The molecule has 15 heavy (non-hydrogen) atoms. The van der Waals surface area contributed by atoms with Crippen LogP contribution >= 0.6 is 0 Å². The summed E-state index contributed by atoms with van der Waals surface area (Å²) in [5.74, 6) is -0.167. The van der Waals surface area contributed by atoms with Crippen molar-refractivity contribution in [3.8, 4) is 0 Å². The first-order valence-electron chi connectivity index (χ1n) is 5.69. The van der Waals surface area contributed by atoms with Crippen LogP contribution in [0, 0.1) is 0 Å². The van der Waals surface area contributed by atoms with E-state index in [9.17, 15) is 9.90 Å². The Bertz CT molecular complexity index is 193. The molecule has 0 aliphatic carbocycles. The highest BCUT2D eigenvalue weighted by Gasteiger charge is 2.23. The second kappa shape index (κ2) is 6.80. The Morgan fingerprint density at radius 3 is 3.07 bits per heavy atom. The van der Waals surface area contributed by atoms with Crippen LogP contribution < -0.4 is 0 Å². The van der Waals surface area contributed by atoms with Gasteiger partial charge in [-0.2, -0.15) is 0 Å². The molecule has 1 saturated heterocycles. The normalized spacial score (nSPS) is 26.3. The van der Waals surface area contributed by atoms with Gasteiger partial charge in [-0.3, -0.25) is 4.79 Å². The Morgan fingerprint density at radius 2 is 2.40 bits per heavy atom. The van der Waals surface area contributed by atoms with Crippen molar-refractivity contribution in [3.05, 3.63) is 0 Å². The van der Waals surface area contributed by atoms with Gasteiger partial charge in [0, 0.05) is 13.0 Å². The van der Waals surface area contributed by atoms with Crippen molar-refractivity contribution in [1.29, 1.82) is 0 Å². The van der Waals surface area contributed by atoms with Gasteiger partial charge in [0.25, 0.3) is 0 Å². The number of carbonyl (C=O) groups is 1. The van der Waals surface area contributed by atoms with Gasteiger partial charge in [-0.05, 0) is 25.7 Å². The van der Waals surface area contributed by atoms with Crippen molar-refractivity contribution in [2.75, 3.05) is 13.2 Å². The molecule has 4 heteroatoms. The quantitative estimate of drug-likeness (QED) is 0.555. The van der Waals surface area contributed by atoms with Crippen LogP contribution in [0.25, 0.3) is 0 Å². The summed E-state index contributed by atoms with van der Waals surface area (Å²) in [5, 5.41) is 9.59. The number of ether oxygens (including phenoxy) is 2. The number of esters is 1. The van der Waals surface area contributed by atoms with Gasteiger partial charge in [0.05, 0.1) is 18.8 Å². The molecule has 1 N–H and O–H groups in total. The summed E-state index contributed by atoms with van der Waals surface area (Å²) in [4.78, 5) is 10.8. The summed E-state index contributed by atoms with van der Waals surface area (Å²) in [6.45, 7) is 2.94. The predicted octanol–water partition coefficient (Wildman–Crippen LogP) is 1.26. The third-order valence-corrected chi connectivity index (χ3v) is 2.59. The zero-order chi connectivity index (χ0) is 11.1. The van der Waals surface area contributed by atoms with E-state index in [4.69, 9.17) is 9.47 Å². The molecule has 0 aromatic carbocycles. The molecule has 4 nitrogen and oxygen atoms in total. The second-order valence-corrected chi connectivity index (χ2v) is 3.84. The van der Waals surface area contributed by atoms with E-state index in [1.165, 1.54) is 0 Å². The molecule has 0 radical (unpaired) electrons. The maximum atomic E-state index is 10.8. The van der Waals surface area contributed by atoms with E-state index in [1.807, 2.05) is 0 Å². The molecule has 1 rings (SSSR count). The van der Waals surface area contributed by atoms with E-state index >= 15 is 0 Å². The van der Waals surface area contributed by atoms with E-state index in [0.717, 1.165) is 32.3 Å². The molecule has 2 atom stereocenters. The fourth-order valence-corrected chi connectivity index (χ4v) is 1.67. The highest BCUT2D eigenvalue weighted by Crippen LogP contribution is 2.17. The Kier molecular flexibility index (Phi) is 5.65. The number of aliphatic hydroxyl groups is 1. The minimum atomic E-state index is -0.347. The monoisotopic (exact) mass is 216 g/mol. The first-order valence-corrected chi connectivity index (χ1v) is 5.69. The molecular formula is C11H20O4. The van der Waals surface area contributed by atoms with E-state index in [2.05, 4.69) is 0 Å². The van der Waals surface area contributed by atoms with Crippen molar-refractivity contribution >= 4 is 5.97 Å². The van der Waals surface area contributed by atoms with Crippen LogP contribution in [0.15, 0.2) is 0 Å². The SMILES string of the molecule is CCC(=O)OCCCC1OCCCC1O. The van der Waals surface area contributed by atoms with Gasteiger partial charge >= 0.3 is 5.97 Å². The van der Waals surface area contributed by atoms with Crippen LogP contribution in [0.5, 0.6) is 0 Å². The Balaban J connectivity index is 2.06. The molecule has 0 saturated carbocycles. The summed E-state index contributed by atoms with van der Waals surface area (Å²) >= 11 is 0. The predicted molar refractivity (Wildman–Crippen MR) is 55.5 cm³/mol. The third-order valence-electron chi connectivity index (χ3n) is 2.59. The molecule has 1 heterocycles. The van der Waals surface area contributed by atoms with Crippen molar-refractivity contribution < 1.29 is 19.4 Å². The van der Waals surface area contributed by atoms with Crippen LogP contribution in [0.3, 0.4) is 0 Å². The van der Waals surface area contributed by atoms with Gasteiger partial charge < -0.3 is 14.6 Å². The number of hydrogen-bond acceptors (Lipinski definition) is 4. The second-order valence-electron chi connectivity index (χ2n) is 3.84. The lowest BCUT2D eigenvalue weighted by Crippen LogP contribution is -2.34. The van der Waals surface area contributed by atoms with E-state index < -0.39 is 0 Å². The average Bonchev–Trinajstić information content (AvgIpc) is 2.26. The number of hydrogen-bond donors (Lipinski definition) is 1. The van der Waals surface area contributed by atoms with Crippen molar-refractivity contribution in [2.45, 2.75) is 51.2 Å². The summed E-state index contributed by atoms with van der Waals surface area (Å²) < 4.78 is 10.4. The van der Waals surface area contributed by atoms with E-state index in [0.29, 0.717) is 13.0 Å². The molecule has 0 aromatic heterocycles. The first-order chi connectivity index (χ1) is 7.24. The van der Waals surface area contributed by atoms with Crippen LogP contribution in [-0.4, -0.2) is 36.5 Å². The zero-order valence-corrected chi connectivity index (χ0v) is 9.28. The lowest BCUT2D eigenvalue weighted by Gasteiger charge is -2.27. The van der Waals surface area contributed by atoms with Gasteiger partial charge in [-0.15, -0.1) is 0 Å². The molecule has 2 unspecified atom stereocenters. The van der Waals surface area contributed by atoms with E-state index in [1.54, 1.807) is 6.92 Å².